The van der Waals surface area contributed by atoms with Crippen LogP contribution in [0.3, 0.4) is 0 Å². The topological polar surface area (TPSA) is 96.0 Å². The molecule has 222 valence electrons. The van der Waals surface area contributed by atoms with Gasteiger partial charge in [0.15, 0.2) is 6.10 Å². The zero-order chi connectivity index (χ0) is 30.4. The Morgan fingerprint density at radius 2 is 1.58 bits per heavy atom. The summed E-state index contributed by atoms with van der Waals surface area (Å²) in [5.74, 6) is -1.08. The summed E-state index contributed by atoms with van der Waals surface area (Å²) in [5.41, 5.74) is 1.98. The predicted octanol–water partition coefficient (Wildman–Crippen LogP) is 4.82. The summed E-state index contributed by atoms with van der Waals surface area (Å²) in [6.45, 7) is -0.465. The highest BCUT2D eigenvalue weighted by Gasteiger charge is 2.36. The van der Waals surface area contributed by atoms with Gasteiger partial charge in [-0.3, -0.25) is 9.59 Å². The Hall–Kier alpha value is -4.25. The van der Waals surface area contributed by atoms with E-state index >= 15 is 0 Å². The molecule has 0 spiro atoms. The number of hydrogen-bond donors (Lipinski definition) is 1. The van der Waals surface area contributed by atoms with Crippen molar-refractivity contribution in [1.29, 1.82) is 0 Å². The lowest BCUT2D eigenvalue weighted by molar-refractivity contribution is -0.128. The summed E-state index contributed by atoms with van der Waals surface area (Å²) in [4.78, 5) is 28.3. The van der Waals surface area contributed by atoms with Gasteiger partial charge in [0.25, 0.3) is 5.91 Å². The molecule has 1 N–H and O–H groups in total. The summed E-state index contributed by atoms with van der Waals surface area (Å²) in [7, 11) is -4.18. The second-order valence-electron chi connectivity index (χ2n) is 9.96. The van der Waals surface area contributed by atoms with Crippen LogP contribution in [0.15, 0.2) is 108 Å². The fraction of sp³-hybridized carbons (Fsp3) is 0.188. The molecule has 0 fully saturated rings. The molecule has 4 aromatic rings. The second-order valence-corrected chi connectivity index (χ2v) is 12.3. The Bertz CT molecular complexity index is 1690. The van der Waals surface area contributed by atoms with Crippen molar-refractivity contribution in [3.8, 4) is 5.75 Å². The first-order valence-electron chi connectivity index (χ1n) is 13.6. The Labute approximate surface area is 254 Å². The van der Waals surface area contributed by atoms with Crippen LogP contribution >= 0.6 is 11.6 Å². The number of hydrogen-bond acceptors (Lipinski definition) is 5. The van der Waals surface area contributed by atoms with E-state index in [1.165, 1.54) is 53.4 Å². The van der Waals surface area contributed by atoms with Crippen LogP contribution in [0.25, 0.3) is 0 Å². The van der Waals surface area contributed by atoms with Crippen LogP contribution in [0.1, 0.15) is 11.1 Å². The number of carbonyl (C=O) groups is 2. The maximum atomic E-state index is 13.9. The van der Waals surface area contributed by atoms with E-state index in [4.69, 9.17) is 16.3 Å². The summed E-state index contributed by atoms with van der Waals surface area (Å²) in [6.07, 6.45) is -0.382. The van der Waals surface area contributed by atoms with E-state index in [9.17, 15) is 22.4 Å². The minimum atomic E-state index is -4.18. The molecule has 43 heavy (non-hydrogen) atoms. The average Bonchev–Trinajstić information content (AvgIpc) is 3.01. The van der Waals surface area contributed by atoms with E-state index in [0.717, 1.165) is 9.87 Å². The lowest BCUT2D eigenvalue weighted by Crippen LogP contribution is -2.53. The zero-order valence-corrected chi connectivity index (χ0v) is 24.6. The van der Waals surface area contributed by atoms with Gasteiger partial charge in [-0.15, -0.1) is 0 Å². The van der Waals surface area contributed by atoms with Crippen molar-refractivity contribution >= 4 is 39.1 Å². The first-order valence-corrected chi connectivity index (χ1v) is 15.4. The van der Waals surface area contributed by atoms with Crippen LogP contribution in [-0.4, -0.2) is 50.3 Å². The fourth-order valence-corrected chi connectivity index (χ4v) is 6.21. The summed E-state index contributed by atoms with van der Waals surface area (Å²) < 4.78 is 48.0. The maximum absolute atomic E-state index is 13.9. The highest BCUT2D eigenvalue weighted by molar-refractivity contribution is 7.89. The van der Waals surface area contributed by atoms with Crippen LogP contribution in [0.2, 0.25) is 5.02 Å². The number of amides is 2. The minimum absolute atomic E-state index is 0.0511. The van der Waals surface area contributed by atoms with Crippen molar-refractivity contribution in [1.82, 2.24) is 9.62 Å². The van der Waals surface area contributed by atoms with E-state index in [-0.39, 0.29) is 23.9 Å². The number of rotatable bonds is 10. The van der Waals surface area contributed by atoms with Crippen molar-refractivity contribution < 1.29 is 27.1 Å². The third-order valence-corrected chi connectivity index (χ3v) is 9.02. The van der Waals surface area contributed by atoms with E-state index in [1.807, 2.05) is 30.3 Å². The van der Waals surface area contributed by atoms with E-state index < -0.39 is 34.4 Å². The molecule has 5 rings (SSSR count). The molecule has 1 aliphatic heterocycles. The SMILES string of the molecule is O=C(NCCc1ccccc1)[C@H]1CN(C(=O)CN(Cc2ccc(F)cc2)S(=O)(=O)c2ccc(Cl)cc2)c2ccccc2O1. The molecule has 0 aromatic heterocycles. The first-order chi connectivity index (χ1) is 20.7. The molecule has 1 atom stereocenters. The summed E-state index contributed by atoms with van der Waals surface area (Å²) >= 11 is 5.97. The normalized spacial score (nSPS) is 14.6. The standard InChI is InChI=1S/C32H29ClFN3O5S/c33-25-12-16-27(17-13-25)43(40,41)36(20-24-10-14-26(34)15-11-24)22-31(38)37-21-30(42-29-9-5-4-8-28(29)37)32(39)35-19-18-23-6-2-1-3-7-23/h1-17,30H,18-22H2,(H,35,39)/t30-/m1/s1. The Balaban J connectivity index is 1.37. The molecule has 2 amide bonds. The third kappa shape index (κ3) is 7.40. The molecule has 4 aromatic carbocycles. The van der Waals surface area contributed by atoms with Crippen LogP contribution in [-0.2, 0) is 32.6 Å². The van der Waals surface area contributed by atoms with E-state index in [2.05, 4.69) is 5.32 Å². The minimum Gasteiger partial charge on any atom is -0.477 e. The molecule has 1 heterocycles. The van der Waals surface area contributed by atoms with Crippen LogP contribution in [0.5, 0.6) is 5.75 Å². The lowest BCUT2D eigenvalue weighted by atomic mass is 10.1. The zero-order valence-electron chi connectivity index (χ0n) is 23.0. The number of benzene rings is 4. The number of anilines is 1. The smallest absolute Gasteiger partial charge is 0.262 e. The highest BCUT2D eigenvalue weighted by Crippen LogP contribution is 2.34. The number of nitrogens with one attached hydrogen (secondary N) is 1. The number of ether oxygens (including phenoxy) is 1. The molecule has 0 radical (unpaired) electrons. The largest absolute Gasteiger partial charge is 0.477 e. The monoisotopic (exact) mass is 621 g/mol. The van der Waals surface area contributed by atoms with Crippen molar-refractivity contribution in [3.63, 3.8) is 0 Å². The third-order valence-electron chi connectivity index (χ3n) is 6.96. The van der Waals surface area contributed by atoms with Crippen LogP contribution in [0, 0.1) is 5.82 Å². The average molecular weight is 622 g/mol. The van der Waals surface area contributed by atoms with Gasteiger partial charge in [-0.2, -0.15) is 4.31 Å². The van der Waals surface area contributed by atoms with E-state index in [0.29, 0.717) is 35.0 Å². The van der Waals surface area contributed by atoms with Gasteiger partial charge in [-0.05, 0) is 66.1 Å². The first kappa shape index (κ1) is 30.2. The Morgan fingerprint density at radius 1 is 0.907 bits per heavy atom. The Morgan fingerprint density at radius 3 is 2.30 bits per heavy atom. The fourth-order valence-electron chi connectivity index (χ4n) is 4.71. The lowest BCUT2D eigenvalue weighted by Gasteiger charge is -2.35. The number of fused-ring (bicyclic) bond motifs is 1. The molecule has 8 nitrogen and oxygen atoms in total. The van der Waals surface area contributed by atoms with Gasteiger partial charge in [0.05, 0.1) is 23.7 Å². The molecule has 0 bridgehead atoms. The molecular formula is C32H29ClFN3O5S. The summed E-state index contributed by atoms with van der Waals surface area (Å²) in [6, 6.07) is 27.5. The number of halogens is 2. The number of para-hydroxylation sites is 2. The quantitative estimate of drug-likeness (QED) is 0.274. The molecule has 0 aliphatic carbocycles. The van der Waals surface area contributed by atoms with Crippen molar-refractivity contribution in [2.24, 2.45) is 0 Å². The Kier molecular flexibility index (Phi) is 9.40. The van der Waals surface area contributed by atoms with Gasteiger partial charge in [0.1, 0.15) is 11.6 Å². The van der Waals surface area contributed by atoms with E-state index in [1.54, 1.807) is 24.3 Å². The van der Waals surface area contributed by atoms with Gasteiger partial charge in [-0.25, -0.2) is 12.8 Å². The molecule has 0 unspecified atom stereocenters. The van der Waals surface area contributed by atoms with Crippen molar-refractivity contribution in [2.45, 2.75) is 24.0 Å². The maximum Gasteiger partial charge on any atom is 0.262 e. The van der Waals surface area contributed by atoms with Gasteiger partial charge in [0, 0.05) is 18.1 Å². The van der Waals surface area contributed by atoms with Gasteiger partial charge >= 0.3 is 0 Å². The summed E-state index contributed by atoms with van der Waals surface area (Å²) in [5, 5.41) is 3.23. The highest BCUT2D eigenvalue weighted by atomic mass is 35.5. The molecular weight excluding hydrogens is 593 g/mol. The van der Waals surface area contributed by atoms with Crippen LogP contribution < -0.4 is 15.0 Å². The number of sulfonamides is 1. The van der Waals surface area contributed by atoms with Gasteiger partial charge in [0.2, 0.25) is 15.9 Å². The van der Waals surface area contributed by atoms with Crippen molar-refractivity contribution in [3.05, 3.63) is 125 Å². The van der Waals surface area contributed by atoms with Crippen molar-refractivity contribution in [2.75, 3.05) is 24.5 Å². The van der Waals surface area contributed by atoms with Gasteiger partial charge < -0.3 is 15.0 Å². The molecule has 1 aliphatic rings. The van der Waals surface area contributed by atoms with Gasteiger partial charge in [-0.1, -0.05) is 66.2 Å². The number of carbonyl (C=O) groups excluding carboxylic acids is 2. The predicted molar refractivity (Wildman–Crippen MR) is 162 cm³/mol. The molecule has 0 saturated carbocycles. The van der Waals surface area contributed by atoms with Crippen LogP contribution in [0.4, 0.5) is 10.1 Å². The second kappa shape index (κ2) is 13.4. The number of nitrogens with zero attached hydrogens (tertiary/aromatic N) is 2. The molecule has 0 saturated heterocycles. The molecule has 11 heteroatoms.